The van der Waals surface area contributed by atoms with Gasteiger partial charge in [-0.15, -0.1) is 0 Å². The molecule has 1 unspecified atom stereocenters. The van der Waals surface area contributed by atoms with E-state index >= 15 is 0 Å². The molecule has 34 heavy (non-hydrogen) atoms. The first-order chi connectivity index (χ1) is 16.4. The largest absolute Gasteiger partial charge is 0.493 e. The van der Waals surface area contributed by atoms with E-state index in [9.17, 15) is 14.4 Å². The van der Waals surface area contributed by atoms with Crippen LogP contribution in [0, 0.1) is 0 Å². The van der Waals surface area contributed by atoms with Crippen molar-refractivity contribution in [1.29, 1.82) is 0 Å². The zero-order chi connectivity index (χ0) is 24.3. The van der Waals surface area contributed by atoms with E-state index in [0.717, 1.165) is 5.56 Å². The fourth-order valence-corrected chi connectivity index (χ4v) is 3.41. The second-order valence-corrected chi connectivity index (χ2v) is 7.90. The summed E-state index contributed by atoms with van der Waals surface area (Å²) in [6.07, 6.45) is 5.18. The molecule has 1 saturated heterocycles. The summed E-state index contributed by atoms with van der Waals surface area (Å²) >= 11 is 0. The number of rotatable bonds is 11. The summed E-state index contributed by atoms with van der Waals surface area (Å²) in [7, 11) is 1.56. The van der Waals surface area contributed by atoms with Crippen LogP contribution in [0.15, 0.2) is 47.1 Å². The lowest BCUT2D eigenvalue weighted by Gasteiger charge is -2.33. The molecule has 1 atom stereocenters. The third-order valence-electron chi connectivity index (χ3n) is 5.27. The molecule has 0 aliphatic carbocycles. The molecule has 182 valence electrons. The van der Waals surface area contributed by atoms with Crippen molar-refractivity contribution in [3.63, 3.8) is 0 Å². The van der Waals surface area contributed by atoms with Crippen LogP contribution in [-0.2, 0) is 25.5 Å². The molecule has 9 heteroatoms. The summed E-state index contributed by atoms with van der Waals surface area (Å²) < 4.78 is 22.2. The highest BCUT2D eigenvalue weighted by Gasteiger charge is 2.25. The van der Waals surface area contributed by atoms with Gasteiger partial charge in [0.05, 0.1) is 33.1 Å². The molecule has 0 bridgehead atoms. The number of benzene rings is 1. The Labute approximate surface area is 198 Å². The summed E-state index contributed by atoms with van der Waals surface area (Å²) in [5, 5.41) is 2.58. The van der Waals surface area contributed by atoms with Crippen LogP contribution in [0.1, 0.15) is 24.7 Å². The average molecular weight is 471 g/mol. The Morgan fingerprint density at radius 1 is 1.24 bits per heavy atom. The van der Waals surface area contributed by atoms with Crippen LogP contribution < -0.4 is 14.8 Å². The first kappa shape index (κ1) is 25.0. The highest BCUT2D eigenvalue weighted by atomic mass is 16.5. The van der Waals surface area contributed by atoms with E-state index in [0.29, 0.717) is 49.8 Å². The zero-order valence-electron chi connectivity index (χ0n) is 19.5. The van der Waals surface area contributed by atoms with Crippen molar-refractivity contribution >= 4 is 23.7 Å². The molecule has 1 N–H and O–H groups in total. The predicted octanol–water partition coefficient (Wildman–Crippen LogP) is 2.25. The normalized spacial score (nSPS) is 15.8. The van der Waals surface area contributed by atoms with Crippen molar-refractivity contribution in [3.05, 3.63) is 54.0 Å². The quantitative estimate of drug-likeness (QED) is 0.502. The van der Waals surface area contributed by atoms with Crippen LogP contribution in [0.2, 0.25) is 0 Å². The van der Waals surface area contributed by atoms with E-state index in [-0.39, 0.29) is 36.9 Å². The number of nitrogens with one attached hydrogen (secondary N) is 1. The zero-order valence-corrected chi connectivity index (χ0v) is 19.5. The van der Waals surface area contributed by atoms with Gasteiger partial charge in [-0.1, -0.05) is 6.07 Å². The standard InChI is InChI=1S/C25H30N2O7/c1-18(28)5-6-19-7-9-22(23(14-19)31-2)34-17-21-16-27(11-13-33-21)25(30)15-26-24(29)10-8-20-4-3-12-32-20/h3-4,7-10,12,14,21H,5-6,11,13,15-17H2,1-2H3,(H,26,29). The molecule has 9 nitrogen and oxygen atoms in total. The summed E-state index contributed by atoms with van der Waals surface area (Å²) in [6, 6.07) is 9.02. The Balaban J connectivity index is 1.45. The summed E-state index contributed by atoms with van der Waals surface area (Å²) in [6.45, 7) is 2.89. The number of methoxy groups -OCH3 is 1. The van der Waals surface area contributed by atoms with Gasteiger partial charge >= 0.3 is 0 Å². The molecule has 2 aromatic rings. The number of furan rings is 1. The van der Waals surface area contributed by atoms with Crippen LogP contribution in [-0.4, -0.2) is 68.6 Å². The van der Waals surface area contributed by atoms with Gasteiger partial charge in [0.2, 0.25) is 11.8 Å². The van der Waals surface area contributed by atoms with Gasteiger partial charge in [-0.3, -0.25) is 9.59 Å². The van der Waals surface area contributed by atoms with E-state index in [1.54, 1.807) is 31.1 Å². The number of ether oxygens (including phenoxy) is 3. The first-order valence-corrected chi connectivity index (χ1v) is 11.1. The maximum absolute atomic E-state index is 12.5. The number of carbonyl (C=O) groups excluding carboxylic acids is 3. The minimum absolute atomic E-state index is 0.107. The smallest absolute Gasteiger partial charge is 0.244 e. The summed E-state index contributed by atoms with van der Waals surface area (Å²) in [5.74, 6) is 1.27. The highest BCUT2D eigenvalue weighted by Crippen LogP contribution is 2.29. The van der Waals surface area contributed by atoms with Gasteiger partial charge in [0.15, 0.2) is 11.5 Å². The molecule has 1 aliphatic heterocycles. The number of amides is 2. The van der Waals surface area contributed by atoms with Gasteiger partial charge in [-0.25, -0.2) is 0 Å². The number of nitrogens with zero attached hydrogens (tertiary/aromatic N) is 1. The Kier molecular flexibility index (Phi) is 9.28. The molecule has 1 fully saturated rings. The SMILES string of the molecule is COc1cc(CCC(C)=O)ccc1OCC1CN(C(=O)CNC(=O)C=Cc2ccco2)CCO1. The van der Waals surface area contributed by atoms with E-state index in [4.69, 9.17) is 18.6 Å². The third kappa shape index (κ3) is 7.77. The fraction of sp³-hybridized carbons (Fsp3) is 0.400. The first-order valence-electron chi connectivity index (χ1n) is 11.1. The van der Waals surface area contributed by atoms with Crippen LogP contribution in [0.25, 0.3) is 6.08 Å². The molecule has 1 aliphatic rings. The molecule has 0 spiro atoms. The van der Waals surface area contributed by atoms with Gasteiger partial charge in [0.25, 0.3) is 0 Å². The van der Waals surface area contributed by atoms with Crippen LogP contribution in [0.4, 0.5) is 0 Å². The second kappa shape index (κ2) is 12.6. The lowest BCUT2D eigenvalue weighted by Crippen LogP contribution is -2.50. The third-order valence-corrected chi connectivity index (χ3v) is 5.27. The molecule has 3 rings (SSSR count). The number of Topliss-reactive ketones (excluding diaryl/α,β-unsaturated/α-hetero) is 1. The number of carbonyl (C=O) groups is 3. The molecule has 0 radical (unpaired) electrons. The van der Waals surface area contributed by atoms with Gasteiger partial charge in [0.1, 0.15) is 24.3 Å². The Morgan fingerprint density at radius 3 is 2.82 bits per heavy atom. The highest BCUT2D eigenvalue weighted by molar-refractivity contribution is 5.94. The summed E-state index contributed by atoms with van der Waals surface area (Å²) in [4.78, 5) is 37.3. The number of hydrogen-bond acceptors (Lipinski definition) is 7. The van der Waals surface area contributed by atoms with Gasteiger partial charge in [-0.2, -0.15) is 0 Å². The molecule has 2 amide bonds. The van der Waals surface area contributed by atoms with Gasteiger partial charge in [0, 0.05) is 19.0 Å². The van der Waals surface area contributed by atoms with E-state index in [2.05, 4.69) is 5.32 Å². The maximum Gasteiger partial charge on any atom is 0.244 e. The minimum atomic E-state index is -0.378. The van der Waals surface area contributed by atoms with Crippen molar-refractivity contribution in [1.82, 2.24) is 10.2 Å². The molecule has 1 aromatic heterocycles. The number of hydrogen-bond donors (Lipinski definition) is 1. The van der Waals surface area contributed by atoms with Crippen LogP contribution in [0.3, 0.4) is 0 Å². The van der Waals surface area contributed by atoms with E-state index < -0.39 is 0 Å². The van der Waals surface area contributed by atoms with Crippen molar-refractivity contribution in [2.45, 2.75) is 25.9 Å². The molecule has 0 saturated carbocycles. The summed E-state index contributed by atoms with van der Waals surface area (Å²) in [5.41, 5.74) is 0.992. The number of ketones is 1. The van der Waals surface area contributed by atoms with E-state index in [1.807, 2.05) is 18.2 Å². The molecule has 1 aromatic carbocycles. The minimum Gasteiger partial charge on any atom is -0.493 e. The van der Waals surface area contributed by atoms with Crippen molar-refractivity contribution in [2.24, 2.45) is 0 Å². The van der Waals surface area contributed by atoms with E-state index in [1.165, 1.54) is 18.4 Å². The maximum atomic E-state index is 12.5. The second-order valence-electron chi connectivity index (χ2n) is 7.90. The fourth-order valence-electron chi connectivity index (χ4n) is 3.41. The number of morpholine rings is 1. The lowest BCUT2D eigenvalue weighted by atomic mass is 10.1. The van der Waals surface area contributed by atoms with Gasteiger partial charge < -0.3 is 33.6 Å². The van der Waals surface area contributed by atoms with Crippen LogP contribution in [0.5, 0.6) is 11.5 Å². The monoisotopic (exact) mass is 470 g/mol. The molecular weight excluding hydrogens is 440 g/mol. The Morgan fingerprint density at radius 2 is 2.09 bits per heavy atom. The number of aryl methyl sites for hydroxylation is 1. The van der Waals surface area contributed by atoms with Gasteiger partial charge in [-0.05, 0) is 49.2 Å². The molecule has 2 heterocycles. The van der Waals surface area contributed by atoms with Crippen molar-refractivity contribution < 1.29 is 33.0 Å². The topological polar surface area (TPSA) is 107 Å². The average Bonchev–Trinajstić information content (AvgIpc) is 3.37. The van der Waals surface area contributed by atoms with Crippen molar-refractivity contribution in [3.8, 4) is 11.5 Å². The Hall–Kier alpha value is -3.59. The van der Waals surface area contributed by atoms with Crippen molar-refractivity contribution in [2.75, 3.05) is 40.0 Å². The van der Waals surface area contributed by atoms with Crippen LogP contribution >= 0.6 is 0 Å². The predicted molar refractivity (Wildman–Crippen MR) is 125 cm³/mol. The Bertz CT molecular complexity index is 1000. The molecular formula is C25H30N2O7. The lowest BCUT2D eigenvalue weighted by molar-refractivity contribution is -0.140.